The summed E-state index contributed by atoms with van der Waals surface area (Å²) in [5, 5.41) is 0.360. The van der Waals surface area contributed by atoms with Crippen LogP contribution in [0.15, 0.2) is 12.2 Å². The zero-order chi connectivity index (χ0) is 17.2. The molecule has 0 saturated carbocycles. The second kappa shape index (κ2) is 16.8. The number of hydrogen-bond acceptors (Lipinski definition) is 1. The monoisotopic (exact) mass is 338 g/mol. The van der Waals surface area contributed by atoms with Gasteiger partial charge in [-0.3, -0.25) is 0 Å². The second-order valence-corrected chi connectivity index (χ2v) is 9.34. The molecular weight excluding hydrogens is 296 g/mol. The Labute approximate surface area is 149 Å². The van der Waals surface area contributed by atoms with E-state index in [4.69, 9.17) is 4.43 Å². The number of rotatable bonds is 17. The highest BCUT2D eigenvalue weighted by Gasteiger charge is 2.19. The van der Waals surface area contributed by atoms with Crippen molar-refractivity contribution in [1.29, 1.82) is 0 Å². The highest BCUT2D eigenvalue weighted by atomic mass is 28.2. The van der Waals surface area contributed by atoms with Crippen LogP contribution in [0.25, 0.3) is 0 Å². The van der Waals surface area contributed by atoms with Gasteiger partial charge in [0.15, 0.2) is 0 Å². The lowest BCUT2D eigenvalue weighted by Gasteiger charge is -2.22. The van der Waals surface area contributed by atoms with Gasteiger partial charge >= 0.3 is 0 Å². The third-order valence-electron chi connectivity index (χ3n) is 4.32. The maximum Gasteiger partial charge on any atom is 0.236 e. The number of allylic oxidation sites excluding steroid dienone is 1. The summed E-state index contributed by atoms with van der Waals surface area (Å²) in [6.07, 6.45) is 22.2. The van der Waals surface area contributed by atoms with E-state index in [1.165, 1.54) is 83.5 Å². The molecule has 0 spiro atoms. The van der Waals surface area contributed by atoms with Crippen molar-refractivity contribution in [1.82, 2.24) is 0 Å². The molecule has 0 bridgehead atoms. The minimum absolute atomic E-state index is 0.360. The van der Waals surface area contributed by atoms with Gasteiger partial charge in [-0.2, -0.15) is 0 Å². The highest BCUT2D eigenvalue weighted by Crippen LogP contribution is 2.30. The summed E-state index contributed by atoms with van der Waals surface area (Å²) < 4.78 is 5.88. The quantitative estimate of drug-likeness (QED) is 0.152. The zero-order valence-electron chi connectivity index (χ0n) is 16.5. The number of unbranched alkanes of at least 4 members (excludes halogenated alkanes) is 10. The van der Waals surface area contributed by atoms with Gasteiger partial charge in [-0.05, 0) is 24.3 Å². The Hall–Kier alpha value is -0.0831. The smallest absolute Gasteiger partial charge is 0.236 e. The van der Waals surface area contributed by atoms with Crippen LogP contribution < -0.4 is 0 Å². The van der Waals surface area contributed by atoms with Crippen LogP contribution >= 0.6 is 0 Å². The van der Waals surface area contributed by atoms with Gasteiger partial charge in [-0.15, -0.1) is 0 Å². The molecule has 0 aromatic carbocycles. The highest BCUT2D eigenvalue weighted by molar-refractivity contribution is 6.31. The molecule has 2 heteroatoms. The molecule has 0 amide bonds. The average Bonchev–Trinajstić information content (AvgIpc) is 2.52. The van der Waals surface area contributed by atoms with Gasteiger partial charge in [0.25, 0.3) is 0 Å². The zero-order valence-corrected chi connectivity index (χ0v) is 17.5. The molecule has 0 aromatic rings. The predicted octanol–water partition coefficient (Wildman–Crippen LogP) is 7.49. The van der Waals surface area contributed by atoms with Gasteiger partial charge in [0, 0.05) is 0 Å². The summed E-state index contributed by atoms with van der Waals surface area (Å²) in [5.41, 5.74) is 0. The topological polar surface area (TPSA) is 9.23 Å². The normalized spacial score (nSPS) is 12.3. The van der Waals surface area contributed by atoms with Gasteiger partial charge in [0.1, 0.15) is 0 Å². The molecule has 0 unspecified atom stereocenters. The molecule has 0 aliphatic carbocycles. The van der Waals surface area contributed by atoms with Gasteiger partial charge < -0.3 is 4.43 Å². The van der Waals surface area contributed by atoms with E-state index in [-0.39, 0.29) is 0 Å². The third kappa shape index (κ3) is 18.1. The van der Waals surface area contributed by atoms with Crippen LogP contribution in [0.2, 0.25) is 5.04 Å². The van der Waals surface area contributed by atoms with Crippen molar-refractivity contribution in [3.8, 4) is 0 Å². The molecular formula is C21H42OSi. The molecule has 0 atom stereocenters. The fraction of sp³-hybridized carbons (Fsp3) is 0.905. The minimum Gasteiger partial charge on any atom is -0.413 e. The maximum absolute atomic E-state index is 5.88. The van der Waals surface area contributed by atoms with Crippen molar-refractivity contribution in [2.45, 2.75) is 116 Å². The van der Waals surface area contributed by atoms with E-state index >= 15 is 0 Å². The summed E-state index contributed by atoms with van der Waals surface area (Å²) in [5.74, 6) is 0. The Morgan fingerprint density at radius 3 is 1.96 bits per heavy atom. The SMILES string of the molecule is CCCCCCCC/C=C/CO[Si]C(C)(C)CCCCCCC. The fourth-order valence-electron chi connectivity index (χ4n) is 2.74. The molecule has 136 valence electrons. The predicted molar refractivity (Wildman–Crippen MR) is 106 cm³/mol. The fourth-order valence-corrected chi connectivity index (χ4v) is 3.58. The Bertz CT molecular complexity index is 261. The van der Waals surface area contributed by atoms with Crippen LogP contribution in [0.4, 0.5) is 0 Å². The van der Waals surface area contributed by atoms with E-state index < -0.39 is 0 Å². The van der Waals surface area contributed by atoms with Crippen LogP contribution in [-0.4, -0.2) is 16.4 Å². The van der Waals surface area contributed by atoms with Crippen molar-refractivity contribution in [2.24, 2.45) is 0 Å². The molecule has 0 heterocycles. The van der Waals surface area contributed by atoms with Gasteiger partial charge in [-0.25, -0.2) is 0 Å². The van der Waals surface area contributed by atoms with Gasteiger partial charge in [0.05, 0.1) is 6.61 Å². The first-order chi connectivity index (χ1) is 11.1. The van der Waals surface area contributed by atoms with Gasteiger partial charge in [0.2, 0.25) is 9.76 Å². The maximum atomic E-state index is 5.88. The average molecular weight is 339 g/mol. The van der Waals surface area contributed by atoms with E-state index in [2.05, 4.69) is 39.8 Å². The van der Waals surface area contributed by atoms with Crippen molar-refractivity contribution in [2.75, 3.05) is 6.61 Å². The van der Waals surface area contributed by atoms with E-state index in [9.17, 15) is 0 Å². The molecule has 0 fully saturated rings. The number of hydrogen-bond donors (Lipinski definition) is 0. The summed E-state index contributed by atoms with van der Waals surface area (Å²) >= 11 is 0. The molecule has 2 radical (unpaired) electrons. The summed E-state index contributed by atoms with van der Waals surface area (Å²) in [6.45, 7) is 10.1. The van der Waals surface area contributed by atoms with Crippen molar-refractivity contribution >= 4 is 9.76 Å². The first-order valence-electron chi connectivity index (χ1n) is 10.2. The lowest BCUT2D eigenvalue weighted by molar-refractivity contribution is 0.353. The molecule has 0 rings (SSSR count). The molecule has 0 aliphatic rings. The summed E-state index contributed by atoms with van der Waals surface area (Å²) in [4.78, 5) is 0. The Morgan fingerprint density at radius 1 is 0.739 bits per heavy atom. The van der Waals surface area contributed by atoms with Crippen LogP contribution in [-0.2, 0) is 4.43 Å². The summed E-state index contributed by atoms with van der Waals surface area (Å²) in [7, 11) is 0.632. The molecule has 0 aromatic heterocycles. The van der Waals surface area contributed by atoms with Crippen molar-refractivity contribution in [3.63, 3.8) is 0 Å². The Morgan fingerprint density at radius 2 is 1.30 bits per heavy atom. The summed E-state index contributed by atoms with van der Waals surface area (Å²) in [6, 6.07) is 0. The molecule has 0 aliphatic heterocycles. The van der Waals surface area contributed by atoms with Crippen LogP contribution in [0.3, 0.4) is 0 Å². The molecule has 1 nitrogen and oxygen atoms in total. The largest absolute Gasteiger partial charge is 0.413 e. The molecule has 23 heavy (non-hydrogen) atoms. The standard InChI is InChI=1S/C21H42OSi/c1-5-7-9-11-12-13-14-16-18-20-22-23-21(3,4)19-17-15-10-8-6-2/h16,18H,5-15,17,19-20H2,1-4H3/b18-16+. The minimum atomic E-state index is 0.360. The van der Waals surface area contributed by atoms with Crippen LogP contribution in [0.1, 0.15) is 111 Å². The second-order valence-electron chi connectivity index (χ2n) is 7.49. The van der Waals surface area contributed by atoms with E-state index in [0.717, 1.165) is 6.61 Å². The lowest BCUT2D eigenvalue weighted by atomic mass is 10.0. The van der Waals surface area contributed by atoms with Crippen LogP contribution in [0, 0.1) is 0 Å². The van der Waals surface area contributed by atoms with Crippen molar-refractivity contribution < 1.29 is 4.43 Å². The van der Waals surface area contributed by atoms with Crippen LogP contribution in [0.5, 0.6) is 0 Å². The first kappa shape index (κ1) is 22.9. The third-order valence-corrected chi connectivity index (χ3v) is 5.44. The van der Waals surface area contributed by atoms with Gasteiger partial charge in [-0.1, -0.05) is 104 Å². The Kier molecular flexibility index (Phi) is 16.7. The molecule has 0 N–H and O–H groups in total. The van der Waals surface area contributed by atoms with E-state index in [1.54, 1.807) is 0 Å². The molecule has 0 saturated heterocycles. The first-order valence-corrected chi connectivity index (χ1v) is 11.1. The van der Waals surface area contributed by atoms with E-state index in [1.807, 2.05) is 0 Å². The lowest BCUT2D eigenvalue weighted by Crippen LogP contribution is -2.16. The Balaban J connectivity index is 3.41. The van der Waals surface area contributed by atoms with E-state index in [0.29, 0.717) is 14.8 Å². The van der Waals surface area contributed by atoms with Crippen molar-refractivity contribution in [3.05, 3.63) is 12.2 Å².